The molecule has 0 unspecified atom stereocenters. The number of nitrogens with one attached hydrogen (secondary N) is 4. The molecular formula is C27H22N6O3. The summed E-state index contributed by atoms with van der Waals surface area (Å²) in [5.41, 5.74) is 9.09. The molecule has 5 aromatic rings. The van der Waals surface area contributed by atoms with Crippen molar-refractivity contribution in [3.63, 3.8) is 0 Å². The van der Waals surface area contributed by atoms with E-state index in [1.807, 2.05) is 60.9 Å². The number of hydrazone groups is 2. The lowest BCUT2D eigenvalue weighted by atomic mass is 10.2. The number of rotatable bonds is 8. The van der Waals surface area contributed by atoms with Crippen LogP contribution in [0.5, 0.6) is 5.75 Å². The van der Waals surface area contributed by atoms with Gasteiger partial charge in [0, 0.05) is 50.9 Å². The summed E-state index contributed by atoms with van der Waals surface area (Å²) in [6.45, 7) is -0.217. The average Bonchev–Trinajstić information content (AvgIpc) is 3.52. The summed E-state index contributed by atoms with van der Waals surface area (Å²) in [6.07, 6.45) is 6.82. The Labute approximate surface area is 205 Å². The first-order valence-electron chi connectivity index (χ1n) is 11.2. The number of ether oxygens (including phenoxy) is 1. The molecule has 178 valence electrons. The van der Waals surface area contributed by atoms with E-state index < -0.39 is 5.91 Å². The molecule has 3 aromatic carbocycles. The number of amides is 2. The molecule has 4 N–H and O–H groups in total. The van der Waals surface area contributed by atoms with E-state index in [1.54, 1.807) is 36.7 Å². The molecule has 0 atom stereocenters. The van der Waals surface area contributed by atoms with Crippen LogP contribution in [0, 0.1) is 0 Å². The van der Waals surface area contributed by atoms with Crippen LogP contribution < -0.4 is 15.6 Å². The van der Waals surface area contributed by atoms with Crippen molar-refractivity contribution in [1.82, 2.24) is 20.8 Å². The van der Waals surface area contributed by atoms with E-state index >= 15 is 0 Å². The fraction of sp³-hybridized carbons (Fsp3) is 0.0370. The van der Waals surface area contributed by atoms with Crippen LogP contribution in [-0.2, 0) is 4.79 Å². The van der Waals surface area contributed by atoms with Gasteiger partial charge >= 0.3 is 0 Å². The van der Waals surface area contributed by atoms with Crippen molar-refractivity contribution in [2.24, 2.45) is 10.2 Å². The summed E-state index contributed by atoms with van der Waals surface area (Å²) < 4.78 is 5.47. The number of fused-ring (bicyclic) bond motifs is 2. The summed E-state index contributed by atoms with van der Waals surface area (Å²) in [5, 5.41) is 10.1. The van der Waals surface area contributed by atoms with Gasteiger partial charge in [-0.3, -0.25) is 9.59 Å². The van der Waals surface area contributed by atoms with Gasteiger partial charge in [-0.25, -0.2) is 10.9 Å². The fourth-order valence-electron chi connectivity index (χ4n) is 3.68. The van der Waals surface area contributed by atoms with Gasteiger partial charge in [-0.1, -0.05) is 36.4 Å². The van der Waals surface area contributed by atoms with Gasteiger partial charge in [-0.15, -0.1) is 0 Å². The molecule has 2 amide bonds. The third kappa shape index (κ3) is 5.15. The Morgan fingerprint density at radius 1 is 0.750 bits per heavy atom. The average molecular weight is 479 g/mol. The Bertz CT molecular complexity index is 1580. The molecule has 0 aliphatic carbocycles. The molecule has 36 heavy (non-hydrogen) atoms. The minimum Gasteiger partial charge on any atom is -0.484 e. The van der Waals surface area contributed by atoms with Crippen molar-refractivity contribution < 1.29 is 14.3 Å². The number of aromatic nitrogens is 2. The van der Waals surface area contributed by atoms with Crippen LogP contribution >= 0.6 is 0 Å². The van der Waals surface area contributed by atoms with Gasteiger partial charge in [0.05, 0.1) is 12.4 Å². The maximum Gasteiger partial charge on any atom is 0.277 e. The highest BCUT2D eigenvalue weighted by atomic mass is 16.5. The molecule has 0 saturated heterocycles. The van der Waals surface area contributed by atoms with E-state index in [0.717, 1.165) is 32.9 Å². The monoisotopic (exact) mass is 478 g/mol. The van der Waals surface area contributed by atoms with Crippen molar-refractivity contribution in [2.75, 3.05) is 6.61 Å². The lowest BCUT2D eigenvalue weighted by Crippen LogP contribution is -2.24. The standard InChI is InChI=1S/C27H22N6O3/c34-26(32-30-15-19-13-28-24-7-3-1-5-22(19)24)17-36-21-11-9-18(10-12-21)27(35)33-31-16-20-14-29-25-8-4-2-6-23(20)25/h1-16,28-29H,17H2,(H,32,34)(H,33,35)/b30-15-,31-16-. The topological polar surface area (TPSA) is 124 Å². The molecule has 2 aromatic heterocycles. The second kappa shape index (κ2) is 10.4. The number of aromatic amines is 2. The number of nitrogens with zero attached hydrogens (tertiary/aromatic N) is 2. The first kappa shape index (κ1) is 22.6. The van der Waals surface area contributed by atoms with Gasteiger partial charge in [0.25, 0.3) is 11.8 Å². The number of carbonyl (C=O) groups excluding carboxylic acids is 2. The smallest absolute Gasteiger partial charge is 0.277 e. The van der Waals surface area contributed by atoms with Gasteiger partial charge in [-0.05, 0) is 36.4 Å². The molecular weight excluding hydrogens is 456 g/mol. The SMILES string of the molecule is O=C(COc1ccc(C(=O)N/N=C\c2c[nH]c3ccccc23)cc1)N/N=C\c1c[nH]c2ccccc12. The summed E-state index contributed by atoms with van der Waals surface area (Å²) in [4.78, 5) is 30.7. The van der Waals surface area contributed by atoms with Crippen molar-refractivity contribution in [1.29, 1.82) is 0 Å². The first-order chi connectivity index (χ1) is 17.7. The molecule has 0 bridgehead atoms. The van der Waals surface area contributed by atoms with Crippen molar-refractivity contribution in [3.8, 4) is 5.75 Å². The number of carbonyl (C=O) groups is 2. The lowest BCUT2D eigenvalue weighted by molar-refractivity contribution is -0.123. The van der Waals surface area contributed by atoms with Crippen molar-refractivity contribution in [3.05, 3.63) is 102 Å². The van der Waals surface area contributed by atoms with Crippen LogP contribution in [0.15, 0.2) is 95.4 Å². The highest BCUT2D eigenvalue weighted by Gasteiger charge is 2.07. The zero-order chi connectivity index (χ0) is 24.7. The quantitative estimate of drug-likeness (QED) is 0.199. The predicted molar refractivity (Wildman–Crippen MR) is 139 cm³/mol. The van der Waals surface area contributed by atoms with Crippen LogP contribution in [0.1, 0.15) is 21.5 Å². The molecule has 9 heteroatoms. The maximum atomic E-state index is 12.4. The van der Waals surface area contributed by atoms with E-state index in [9.17, 15) is 9.59 Å². The summed E-state index contributed by atoms with van der Waals surface area (Å²) in [5.74, 6) is -0.314. The Hall–Kier alpha value is -5.18. The number of hydrogen-bond acceptors (Lipinski definition) is 5. The lowest BCUT2D eigenvalue weighted by Gasteiger charge is -2.06. The third-order valence-corrected chi connectivity index (χ3v) is 5.49. The molecule has 0 aliphatic heterocycles. The van der Waals surface area contributed by atoms with Crippen LogP contribution in [0.25, 0.3) is 21.8 Å². The van der Waals surface area contributed by atoms with Crippen LogP contribution in [0.4, 0.5) is 0 Å². The molecule has 0 fully saturated rings. The minimum atomic E-state index is -0.403. The molecule has 2 heterocycles. The van der Waals surface area contributed by atoms with Crippen molar-refractivity contribution in [2.45, 2.75) is 0 Å². The second-order valence-corrected chi connectivity index (χ2v) is 7.88. The molecule has 9 nitrogen and oxygen atoms in total. The molecule has 0 aliphatic rings. The maximum absolute atomic E-state index is 12.4. The summed E-state index contributed by atoms with van der Waals surface area (Å²) >= 11 is 0. The Morgan fingerprint density at radius 2 is 1.31 bits per heavy atom. The highest BCUT2D eigenvalue weighted by Crippen LogP contribution is 2.17. The number of H-pyrrole nitrogens is 2. The van der Waals surface area contributed by atoms with E-state index in [0.29, 0.717) is 11.3 Å². The van der Waals surface area contributed by atoms with E-state index in [1.165, 1.54) is 0 Å². The normalized spacial score (nSPS) is 11.4. The van der Waals surface area contributed by atoms with Gasteiger partial charge in [0.2, 0.25) is 0 Å². The Morgan fingerprint density at radius 3 is 1.92 bits per heavy atom. The van der Waals surface area contributed by atoms with Gasteiger partial charge in [0.15, 0.2) is 6.61 Å². The number of benzene rings is 3. The first-order valence-corrected chi connectivity index (χ1v) is 11.2. The fourth-order valence-corrected chi connectivity index (χ4v) is 3.68. The largest absolute Gasteiger partial charge is 0.484 e. The van der Waals surface area contributed by atoms with E-state index in [-0.39, 0.29) is 12.5 Å². The Kier molecular flexibility index (Phi) is 6.53. The molecule has 0 saturated carbocycles. The van der Waals surface area contributed by atoms with Gasteiger partial charge in [0.1, 0.15) is 5.75 Å². The zero-order valence-corrected chi connectivity index (χ0v) is 19.1. The summed E-state index contributed by atoms with van der Waals surface area (Å²) in [7, 11) is 0. The van der Waals surface area contributed by atoms with Gasteiger partial charge in [-0.2, -0.15) is 10.2 Å². The molecule has 0 spiro atoms. The van der Waals surface area contributed by atoms with Crippen molar-refractivity contribution >= 4 is 46.0 Å². The molecule has 0 radical (unpaired) electrons. The second-order valence-electron chi connectivity index (χ2n) is 7.88. The van der Waals surface area contributed by atoms with Crippen LogP contribution in [-0.4, -0.2) is 40.8 Å². The predicted octanol–water partition coefficient (Wildman–Crippen LogP) is 3.94. The zero-order valence-electron chi connectivity index (χ0n) is 19.1. The van der Waals surface area contributed by atoms with E-state index in [4.69, 9.17) is 4.74 Å². The van der Waals surface area contributed by atoms with E-state index in [2.05, 4.69) is 31.0 Å². The Balaban J connectivity index is 1.09. The molecule has 5 rings (SSSR count). The summed E-state index contributed by atoms with van der Waals surface area (Å²) in [6, 6.07) is 22.1. The minimum absolute atomic E-state index is 0.217. The highest BCUT2D eigenvalue weighted by molar-refractivity contribution is 6.00. The van der Waals surface area contributed by atoms with Crippen LogP contribution in [0.3, 0.4) is 0 Å². The number of para-hydroxylation sites is 2. The third-order valence-electron chi connectivity index (χ3n) is 5.49. The van der Waals surface area contributed by atoms with Crippen LogP contribution in [0.2, 0.25) is 0 Å². The van der Waals surface area contributed by atoms with Gasteiger partial charge < -0.3 is 14.7 Å². The number of hydrogen-bond donors (Lipinski definition) is 4.